The van der Waals surface area contributed by atoms with Crippen molar-refractivity contribution in [2.45, 2.75) is 115 Å². The maximum absolute atomic E-state index is 13.2. The molecule has 1 saturated heterocycles. The Bertz CT molecular complexity index is 4260. The van der Waals surface area contributed by atoms with Crippen LogP contribution in [0.25, 0.3) is 11.0 Å². The highest BCUT2D eigenvalue weighted by Gasteiger charge is 2.47. The van der Waals surface area contributed by atoms with E-state index in [2.05, 4.69) is 55.9 Å². The van der Waals surface area contributed by atoms with E-state index in [0.717, 1.165) is 57.6 Å². The van der Waals surface area contributed by atoms with E-state index in [4.69, 9.17) is 45.4 Å². The molecule has 1 aromatic carbocycles. The quantitative estimate of drug-likeness (QED) is 0.00260. The molecular weight excluding hydrogens is 1570 g/mol. The number of ether oxygens (including phenoxy) is 3. The first-order valence-corrected chi connectivity index (χ1v) is 45.2. The molecule has 7 rings (SSSR count). The molecule has 4 aliphatic rings. The molecule has 6 atom stereocenters. The van der Waals surface area contributed by atoms with Gasteiger partial charge in [-0.15, -0.1) is 0 Å². The summed E-state index contributed by atoms with van der Waals surface area (Å²) >= 11 is 4.31. The van der Waals surface area contributed by atoms with E-state index in [9.17, 15) is 63.8 Å². The summed E-state index contributed by atoms with van der Waals surface area (Å²) in [5, 5.41) is 8.41. The zero-order valence-electron chi connectivity index (χ0n) is 54.1. The Morgan fingerprint density at radius 1 is 0.969 bits per heavy atom. The van der Waals surface area contributed by atoms with Crippen LogP contribution in [-0.2, 0) is 92.1 Å². The number of carbonyl (C=O) groups excluding carboxylic acids is 2. The number of nitrogens with two attached hydrogens (primary N) is 1. The van der Waals surface area contributed by atoms with Gasteiger partial charge < -0.3 is 64.9 Å². The van der Waals surface area contributed by atoms with Crippen LogP contribution in [0, 0.1) is 17.3 Å². The van der Waals surface area contributed by atoms with E-state index in [1.807, 2.05) is 65.0 Å². The number of aromatic amines is 1. The van der Waals surface area contributed by atoms with Crippen molar-refractivity contribution >= 4 is 151 Å². The van der Waals surface area contributed by atoms with Crippen LogP contribution in [0.5, 0.6) is 0 Å². The van der Waals surface area contributed by atoms with E-state index < -0.39 is 121 Å². The van der Waals surface area contributed by atoms with E-state index in [1.54, 1.807) is 44.0 Å². The standard InChI is InChI=1S/C57H79IN9O22P3S6/c1-7-65-43-23-22-39(97(78,79)80)30-41(43)56(2,3)46(65)19-11-8-12-20-47-57(4,5)42-31-40(98(81,82)83)33-58-51(42)66(47)27-15-9-13-21-48(68)60-26-29-94-95-36-84-28-16-10-14-24-61-55(70)62-25-17-18-38-34-67(52-50(38)53(69)64-54(59)63-52)49-32-44(85-37-96(6)93)45(87-49)35-86-91(74,75)89-92(76,77)88-90(71,72)73/h8,11-12,19-20,22-23,30-31,33-34,44-45,49H,7,9-10,13-16,21,24-29,32,35-37H2,1-6H3,(H11-,59,60,61,62,63,64,68,69,70,71,72,73,74,75,76,77,78,79,80,81,82,83)/p+1/t44-,45+,49+,96?/m0/s1. The predicted octanol–water partition coefficient (Wildman–Crippen LogP) is 7.29. The molecule has 41 heteroatoms. The fourth-order valence-corrected chi connectivity index (χ4v) is 21.0. The molecule has 4 aliphatic heterocycles. The highest BCUT2D eigenvalue weighted by atomic mass is 127. The lowest BCUT2D eigenvalue weighted by molar-refractivity contribution is -0.433. The third-order valence-corrected chi connectivity index (χ3v) is 26.9. The summed E-state index contributed by atoms with van der Waals surface area (Å²) in [6.45, 7) is 11.8. The number of hydrogen-bond acceptors (Lipinski definition) is 22. The molecule has 3 unspecified atom stereocenters. The zero-order valence-corrected chi connectivity index (χ0v) is 63.8. The Morgan fingerprint density at radius 2 is 1.71 bits per heavy atom. The number of carbonyl (C=O) groups is 2. The Labute approximate surface area is 592 Å². The molecule has 3 amide bonds. The summed E-state index contributed by atoms with van der Waals surface area (Å²) in [6, 6.07) is 4.16. The maximum Gasteiger partial charge on any atom is 0.490 e. The molecule has 0 aliphatic carbocycles. The molecule has 0 radical (unpaired) electrons. The average Bonchev–Trinajstić information content (AvgIpc) is 1.60. The number of hydrogen-bond donors (Lipinski definition) is 11. The van der Waals surface area contributed by atoms with E-state index >= 15 is 0 Å². The number of halogens is 1. The number of nitrogens with one attached hydrogen (secondary N) is 4. The second-order valence-corrected chi connectivity index (χ2v) is 38.4. The van der Waals surface area contributed by atoms with E-state index in [-0.39, 0.29) is 57.2 Å². The van der Waals surface area contributed by atoms with Crippen molar-refractivity contribution in [3.8, 4) is 11.8 Å². The number of allylic oxidation sites excluding steroid dienone is 8. The number of fused-ring (bicyclic) bond motifs is 2. The largest absolute Gasteiger partial charge is 0.490 e. The topological polar surface area (TPSA) is 449 Å². The molecule has 12 N–H and O–H groups in total. The fourth-order valence-electron chi connectivity index (χ4n) is 10.9. The lowest BCUT2D eigenvalue weighted by atomic mass is 9.81. The smallest absolute Gasteiger partial charge is 0.370 e. The number of phosphoric ester groups is 1. The van der Waals surface area contributed by atoms with Crippen molar-refractivity contribution in [3.05, 3.63) is 102 Å². The van der Waals surface area contributed by atoms with Crippen molar-refractivity contribution in [2.24, 2.45) is 5.41 Å². The molecule has 6 heterocycles. The van der Waals surface area contributed by atoms with Crippen LogP contribution < -0.4 is 27.2 Å². The Balaban J connectivity index is 0.768. The molecule has 98 heavy (non-hydrogen) atoms. The molecule has 3 aromatic rings. The number of amides is 3. The van der Waals surface area contributed by atoms with Gasteiger partial charge in [-0.1, -0.05) is 102 Å². The summed E-state index contributed by atoms with van der Waals surface area (Å²) in [6.07, 6.45) is 16.3. The van der Waals surface area contributed by atoms with Crippen LogP contribution in [0.15, 0.2) is 90.4 Å². The summed E-state index contributed by atoms with van der Waals surface area (Å²) < 4.78 is 140. The fraction of sp³-hybridized carbons (Fsp3) is 0.509. The van der Waals surface area contributed by atoms with Gasteiger partial charge in [-0.2, -0.15) is 35.0 Å². The minimum absolute atomic E-state index is 0.0130. The molecule has 0 bridgehead atoms. The Hall–Kier alpha value is -4.11. The number of benzene rings is 1. The second kappa shape index (κ2) is 35.4. The van der Waals surface area contributed by atoms with Crippen LogP contribution in [0.3, 0.4) is 0 Å². The molecule has 1 fully saturated rings. The van der Waals surface area contributed by atoms with Gasteiger partial charge in [-0.05, 0) is 104 Å². The third kappa shape index (κ3) is 22.9. The molecule has 0 saturated carbocycles. The second-order valence-electron chi connectivity index (χ2n) is 23.3. The van der Waals surface area contributed by atoms with Crippen LogP contribution in [-0.4, -0.2) is 173 Å². The number of phosphoric acid groups is 3. The van der Waals surface area contributed by atoms with Gasteiger partial charge in [-0.3, -0.25) is 28.2 Å². The number of nitrogens with zero attached hydrogens (tertiary/aromatic N) is 4. The number of anilines is 1. The molecule has 542 valence electrons. The van der Waals surface area contributed by atoms with Crippen LogP contribution in [0.4, 0.5) is 16.4 Å². The highest BCUT2D eigenvalue weighted by molar-refractivity contribution is 14.2. The maximum atomic E-state index is 13.2. The van der Waals surface area contributed by atoms with Gasteiger partial charge in [0.2, 0.25) is 17.5 Å². The number of rotatable bonds is 36. The van der Waals surface area contributed by atoms with Crippen molar-refractivity contribution < 1.29 is 101 Å². The molecule has 0 spiro atoms. The number of urea groups is 1. The van der Waals surface area contributed by atoms with Crippen LogP contribution >= 0.6 is 65.8 Å². The zero-order chi connectivity index (χ0) is 72.0. The van der Waals surface area contributed by atoms with E-state index in [1.165, 1.54) is 22.9 Å². The summed E-state index contributed by atoms with van der Waals surface area (Å²) in [5.41, 5.74) is 8.73. The van der Waals surface area contributed by atoms with Gasteiger partial charge in [0.1, 0.15) is 24.8 Å². The first kappa shape index (κ1) is 81.2. The summed E-state index contributed by atoms with van der Waals surface area (Å²) in [4.78, 5) is 84.5. The molecule has 31 nitrogen and oxygen atoms in total. The number of aromatic nitrogens is 3. The predicted molar refractivity (Wildman–Crippen MR) is 386 cm³/mol. The lowest BCUT2D eigenvalue weighted by Crippen LogP contribution is -2.36. The minimum Gasteiger partial charge on any atom is -0.370 e. The van der Waals surface area contributed by atoms with Gasteiger partial charge in [-0.25, -0.2) is 18.5 Å². The van der Waals surface area contributed by atoms with E-state index in [0.29, 0.717) is 63.7 Å². The van der Waals surface area contributed by atoms with Gasteiger partial charge in [0.15, 0.2) is 11.4 Å². The van der Waals surface area contributed by atoms with Crippen molar-refractivity contribution in [1.29, 1.82) is 0 Å². The minimum atomic E-state index is -5.80. The number of unbranched alkanes of at least 4 members (excludes halogenated alkanes) is 4. The molecular formula is C57H80IN9O22P3S6+. The first-order valence-electron chi connectivity index (χ1n) is 30.3. The lowest BCUT2D eigenvalue weighted by Gasteiger charge is -2.28. The van der Waals surface area contributed by atoms with Gasteiger partial charge >= 0.3 is 29.5 Å². The Morgan fingerprint density at radius 3 is 2.42 bits per heavy atom. The van der Waals surface area contributed by atoms with Gasteiger partial charge in [0.05, 0.1) is 55.1 Å². The summed E-state index contributed by atoms with van der Waals surface area (Å²) in [7, 11) is -23.3. The summed E-state index contributed by atoms with van der Waals surface area (Å²) in [5.74, 6) is 6.55. The van der Waals surface area contributed by atoms with Crippen molar-refractivity contribution in [2.75, 3.05) is 75.6 Å². The van der Waals surface area contributed by atoms with Gasteiger partial charge in [0.25, 0.3) is 25.8 Å². The van der Waals surface area contributed by atoms with Crippen molar-refractivity contribution in [1.82, 2.24) is 35.4 Å². The van der Waals surface area contributed by atoms with Gasteiger partial charge in [0, 0.05) is 79.9 Å². The first-order chi connectivity index (χ1) is 45.9. The Kier molecular flexibility index (Phi) is 29.3. The number of H-pyrrole nitrogens is 1. The monoisotopic (exact) mass is 1650 g/mol. The molecule has 2 aromatic heterocycles. The average molecular weight is 1660 g/mol. The number of nitrogen functional groups attached to an aromatic ring is 1. The van der Waals surface area contributed by atoms with Crippen LogP contribution in [0.1, 0.15) is 103 Å². The highest BCUT2D eigenvalue weighted by Crippen LogP contribution is 2.66. The van der Waals surface area contributed by atoms with Crippen LogP contribution in [0.2, 0.25) is 0 Å². The third-order valence-electron chi connectivity index (χ3n) is 15.4. The normalized spacial score (nSPS) is 20.4. The van der Waals surface area contributed by atoms with Crippen molar-refractivity contribution in [3.63, 3.8) is 0 Å². The SMILES string of the molecule is CC[N+]1=C(C=CC=CC=C2N(CCCCCC(=O)NCCSSCOCCCCCNC(=O)NCC#Cc3cn([C@H]4C[C@H](OCS(C)=S)[C@@H](COP(=O)(O)OP(=O)(O)OP(=O)(O)O)O4)c4nc(N)[nH]c(=O)c34)C3=C(C=C(S(=O)(=O)O)C=I3)C2(C)C)C(C)(C)c2cc(S(=O)(=O)O)ccc21.